The molecule has 47 heavy (non-hydrogen) atoms. The summed E-state index contributed by atoms with van der Waals surface area (Å²) in [5.41, 5.74) is -0.953. The number of halogens is 1. The van der Waals surface area contributed by atoms with Gasteiger partial charge in [-0.05, 0) is 32.8 Å². The molecular formula is C31H41IN4O10S. The summed E-state index contributed by atoms with van der Waals surface area (Å²) in [5, 5.41) is 8.53. The van der Waals surface area contributed by atoms with Crippen molar-refractivity contribution in [2.75, 3.05) is 38.5 Å². The predicted molar refractivity (Wildman–Crippen MR) is 180 cm³/mol. The van der Waals surface area contributed by atoms with Crippen molar-refractivity contribution in [3.63, 3.8) is 0 Å². The van der Waals surface area contributed by atoms with Crippen molar-refractivity contribution in [3.05, 3.63) is 52.0 Å². The van der Waals surface area contributed by atoms with Gasteiger partial charge >= 0.3 is 11.9 Å². The van der Waals surface area contributed by atoms with Crippen LogP contribution in [-0.2, 0) is 49.3 Å². The molecule has 0 aliphatic heterocycles. The van der Waals surface area contributed by atoms with Crippen LogP contribution >= 0.6 is 33.9 Å². The van der Waals surface area contributed by atoms with Gasteiger partial charge in [-0.25, -0.2) is 4.98 Å². The minimum Gasteiger partial charge on any atom is -0.466 e. The number of aryl methyl sites for hydroxylation is 1. The molecule has 258 valence electrons. The van der Waals surface area contributed by atoms with Gasteiger partial charge in [0.2, 0.25) is 11.8 Å². The maximum Gasteiger partial charge on any atom is 0.307 e. The molecule has 0 bridgehead atoms. The van der Waals surface area contributed by atoms with Gasteiger partial charge in [-0.2, -0.15) is 0 Å². The van der Waals surface area contributed by atoms with Gasteiger partial charge < -0.3 is 34.9 Å². The highest BCUT2D eigenvalue weighted by molar-refractivity contribution is 14.1. The Labute approximate surface area is 291 Å². The van der Waals surface area contributed by atoms with Crippen LogP contribution in [-0.4, -0.2) is 103 Å². The zero-order valence-corrected chi connectivity index (χ0v) is 29.9. The number of methoxy groups -OCH3 is 2. The second kappa shape index (κ2) is 20.0. The van der Waals surface area contributed by atoms with E-state index in [4.69, 9.17) is 18.9 Å². The molecule has 0 saturated carbocycles. The maximum absolute atomic E-state index is 14.0. The number of amides is 3. The van der Waals surface area contributed by atoms with Crippen LogP contribution in [0.4, 0.5) is 0 Å². The van der Waals surface area contributed by atoms with Gasteiger partial charge in [0.1, 0.15) is 17.0 Å². The SMILES string of the molecule is CCOC(=O)CCC(=O)OC(C)(CI)C(=O)C(Cc1ccccc1)NC(=O)[C@H](COC)NC(=O)[C@H](COC)NC(=O)c1cnc(C)s1. The lowest BCUT2D eigenvalue weighted by atomic mass is 9.92. The van der Waals surface area contributed by atoms with Gasteiger partial charge in [0.25, 0.3) is 5.91 Å². The Morgan fingerprint density at radius 1 is 0.894 bits per heavy atom. The number of carbonyl (C=O) groups is 6. The Balaban J connectivity index is 2.26. The molecule has 0 aliphatic rings. The quantitative estimate of drug-likeness (QED) is 0.101. The number of esters is 2. The van der Waals surface area contributed by atoms with Crippen molar-refractivity contribution in [1.82, 2.24) is 20.9 Å². The van der Waals surface area contributed by atoms with E-state index in [9.17, 15) is 28.8 Å². The normalized spacial score (nSPS) is 14.1. The number of nitrogens with one attached hydrogen (secondary N) is 3. The van der Waals surface area contributed by atoms with Gasteiger partial charge in [0, 0.05) is 18.6 Å². The number of thiazole rings is 1. The van der Waals surface area contributed by atoms with E-state index < -0.39 is 59.2 Å². The average molecular weight is 789 g/mol. The number of aromatic nitrogens is 1. The molecule has 4 atom stereocenters. The van der Waals surface area contributed by atoms with Gasteiger partial charge in [-0.1, -0.05) is 52.9 Å². The molecule has 1 aromatic heterocycles. The summed E-state index contributed by atoms with van der Waals surface area (Å²) in [4.78, 5) is 82.3. The fourth-order valence-corrected chi connectivity index (χ4v) is 5.46. The highest BCUT2D eigenvalue weighted by atomic mass is 127. The monoisotopic (exact) mass is 788 g/mol. The molecule has 0 spiro atoms. The highest BCUT2D eigenvalue weighted by Crippen LogP contribution is 2.21. The van der Waals surface area contributed by atoms with Gasteiger partial charge in [0.15, 0.2) is 11.4 Å². The summed E-state index contributed by atoms with van der Waals surface area (Å²) >= 11 is 3.07. The Morgan fingerprint density at radius 3 is 2.00 bits per heavy atom. The van der Waals surface area contributed by atoms with Crippen molar-refractivity contribution >= 4 is 69.4 Å². The lowest BCUT2D eigenvalue weighted by Gasteiger charge is -2.31. The summed E-state index contributed by atoms with van der Waals surface area (Å²) in [7, 11) is 2.69. The van der Waals surface area contributed by atoms with Crippen LogP contribution in [0.3, 0.4) is 0 Å². The number of ether oxygens (including phenoxy) is 4. The molecule has 0 radical (unpaired) electrons. The Bertz CT molecular complexity index is 1380. The fourth-order valence-electron chi connectivity index (χ4n) is 4.25. The summed E-state index contributed by atoms with van der Waals surface area (Å²) in [6.07, 6.45) is 0.929. The second-order valence-corrected chi connectivity index (χ2v) is 12.5. The van der Waals surface area contributed by atoms with Crippen LogP contribution in [0.25, 0.3) is 0 Å². The Hall–Kier alpha value is -3.48. The van der Waals surface area contributed by atoms with Gasteiger partial charge in [-0.15, -0.1) is 11.3 Å². The molecule has 16 heteroatoms. The lowest BCUT2D eigenvalue weighted by Crippen LogP contribution is -2.60. The van der Waals surface area contributed by atoms with E-state index in [-0.39, 0.29) is 43.5 Å². The molecule has 14 nitrogen and oxygen atoms in total. The van der Waals surface area contributed by atoms with E-state index in [2.05, 4.69) is 20.9 Å². The van der Waals surface area contributed by atoms with Crippen LogP contribution < -0.4 is 16.0 Å². The summed E-state index contributed by atoms with van der Waals surface area (Å²) in [5.74, 6) is -3.96. The second-order valence-electron chi connectivity index (χ2n) is 10.5. The minimum atomic E-state index is -1.66. The Morgan fingerprint density at radius 2 is 1.47 bits per heavy atom. The smallest absolute Gasteiger partial charge is 0.307 e. The molecule has 3 N–H and O–H groups in total. The first-order valence-electron chi connectivity index (χ1n) is 14.7. The van der Waals surface area contributed by atoms with E-state index in [0.717, 1.165) is 11.3 Å². The van der Waals surface area contributed by atoms with Crippen molar-refractivity contribution in [1.29, 1.82) is 0 Å². The van der Waals surface area contributed by atoms with Crippen LogP contribution in [0.15, 0.2) is 36.5 Å². The topological polar surface area (TPSA) is 188 Å². The average Bonchev–Trinajstić information content (AvgIpc) is 3.49. The van der Waals surface area contributed by atoms with Crippen molar-refractivity contribution in [2.24, 2.45) is 0 Å². The zero-order chi connectivity index (χ0) is 35.0. The molecule has 0 fully saturated rings. The minimum absolute atomic E-state index is 0.0439. The number of alkyl halides is 1. The Kier molecular flexibility index (Phi) is 16.9. The van der Waals surface area contributed by atoms with Crippen LogP contribution in [0.2, 0.25) is 0 Å². The summed E-state index contributed by atoms with van der Waals surface area (Å²) in [6.45, 7) is 4.53. The molecule has 1 aromatic carbocycles. The number of benzene rings is 1. The number of nitrogens with zero attached hydrogens (tertiary/aromatic N) is 1. The molecule has 3 amide bonds. The van der Waals surface area contributed by atoms with E-state index in [0.29, 0.717) is 15.4 Å². The molecular weight excluding hydrogens is 747 g/mol. The first-order valence-corrected chi connectivity index (χ1v) is 17.0. The molecule has 2 unspecified atom stereocenters. The van der Waals surface area contributed by atoms with Crippen molar-refractivity contribution < 1.29 is 47.7 Å². The van der Waals surface area contributed by atoms with E-state index >= 15 is 0 Å². The number of hydrogen-bond donors (Lipinski definition) is 3. The molecule has 2 rings (SSSR count). The third-order valence-corrected chi connectivity index (χ3v) is 9.00. The molecule has 0 aliphatic carbocycles. The number of carbonyl (C=O) groups excluding carboxylic acids is 6. The zero-order valence-electron chi connectivity index (χ0n) is 27.0. The van der Waals surface area contributed by atoms with E-state index in [1.54, 1.807) is 44.2 Å². The van der Waals surface area contributed by atoms with Crippen LogP contribution in [0.5, 0.6) is 0 Å². The largest absolute Gasteiger partial charge is 0.466 e. The lowest BCUT2D eigenvalue weighted by molar-refractivity contribution is -0.165. The molecule has 0 saturated heterocycles. The highest BCUT2D eigenvalue weighted by Gasteiger charge is 2.42. The first kappa shape index (κ1) is 39.7. The first-order chi connectivity index (χ1) is 22.4. The summed E-state index contributed by atoms with van der Waals surface area (Å²) < 4.78 is 20.8. The standard InChI is InChI=1S/C31H41IN4O10S/c1-6-45-25(37)12-13-26(38)46-31(3,18-32)27(39)21(14-20-10-8-7-9-11-20)34-28(40)22(16-43-4)35-29(41)23(17-44-5)36-30(42)24-15-33-19(2)47-24/h7-11,15,21-23H,6,12-14,16-18H2,1-5H3,(H,34,40)(H,35,41)(H,36,42)/t21?,22-,23-,31?/m0/s1. The van der Waals surface area contributed by atoms with Gasteiger partial charge in [-0.3, -0.25) is 28.8 Å². The van der Waals surface area contributed by atoms with Crippen LogP contribution in [0.1, 0.15) is 46.9 Å². The fraction of sp³-hybridized carbons (Fsp3) is 0.516. The van der Waals surface area contributed by atoms with Crippen LogP contribution in [0, 0.1) is 6.92 Å². The van der Waals surface area contributed by atoms with Gasteiger partial charge in [0.05, 0.1) is 49.9 Å². The molecule has 2 aromatic rings. The van der Waals surface area contributed by atoms with E-state index in [1.165, 1.54) is 27.3 Å². The number of Topliss-reactive ketones (excluding diaryl/α,β-unsaturated/α-hetero) is 1. The number of hydrogen-bond acceptors (Lipinski definition) is 12. The molecule has 1 heterocycles. The third-order valence-electron chi connectivity index (χ3n) is 6.64. The van der Waals surface area contributed by atoms with E-state index in [1.807, 2.05) is 22.6 Å². The predicted octanol–water partition coefficient (Wildman–Crippen LogP) is 1.70. The van der Waals surface area contributed by atoms with Crippen molar-refractivity contribution in [2.45, 2.75) is 63.8 Å². The number of rotatable bonds is 20. The van der Waals surface area contributed by atoms with Crippen molar-refractivity contribution in [3.8, 4) is 0 Å². The summed E-state index contributed by atoms with van der Waals surface area (Å²) in [6, 6.07) is 5.26. The third kappa shape index (κ3) is 12.9. The maximum atomic E-state index is 14.0. The number of ketones is 1.